The van der Waals surface area contributed by atoms with E-state index in [-0.39, 0.29) is 24.9 Å². The van der Waals surface area contributed by atoms with E-state index in [1.54, 1.807) is 12.5 Å². The molecular weight excluding hydrogens is 278 g/mol. The number of aryl methyl sites for hydroxylation is 1. The molecule has 1 N–H and O–H groups in total. The van der Waals surface area contributed by atoms with Gasteiger partial charge in [-0.05, 0) is 18.6 Å². The largest absolute Gasteiger partial charge is 1.00 e. The van der Waals surface area contributed by atoms with Gasteiger partial charge in [0.15, 0.2) is 6.61 Å². The number of amides is 1. The van der Waals surface area contributed by atoms with Gasteiger partial charge >= 0.3 is 0 Å². The molecule has 20 heavy (non-hydrogen) atoms. The lowest BCUT2D eigenvalue weighted by Crippen LogP contribution is -3.00. The molecule has 0 bridgehead atoms. The maximum atomic E-state index is 11.5. The maximum absolute atomic E-state index is 11.5. The van der Waals surface area contributed by atoms with Crippen molar-refractivity contribution in [1.82, 2.24) is 14.9 Å². The zero-order valence-electron chi connectivity index (χ0n) is 11.0. The minimum atomic E-state index is -0.102. The number of ether oxygens (including phenoxy) is 1. The fourth-order valence-electron chi connectivity index (χ4n) is 1.63. The van der Waals surface area contributed by atoms with Crippen LogP contribution in [-0.2, 0) is 11.3 Å². The van der Waals surface area contributed by atoms with Crippen molar-refractivity contribution in [2.75, 3.05) is 13.2 Å². The topological polar surface area (TPSA) is 56.1 Å². The molecule has 1 aromatic heterocycles. The molecule has 0 atom stereocenters. The number of rotatable bonds is 7. The number of carbonyl (C=O) groups is 1. The van der Waals surface area contributed by atoms with Gasteiger partial charge < -0.3 is 27.0 Å². The molecular formula is C14H17ClN3O2-. The van der Waals surface area contributed by atoms with Gasteiger partial charge in [0.05, 0.1) is 6.33 Å². The van der Waals surface area contributed by atoms with E-state index in [0.29, 0.717) is 12.3 Å². The van der Waals surface area contributed by atoms with Gasteiger partial charge in [-0.2, -0.15) is 0 Å². The number of imidazole rings is 1. The third kappa shape index (κ3) is 5.75. The van der Waals surface area contributed by atoms with Crippen LogP contribution in [0.3, 0.4) is 0 Å². The first-order valence-electron chi connectivity index (χ1n) is 6.25. The third-order valence-electron chi connectivity index (χ3n) is 2.59. The second-order valence-electron chi connectivity index (χ2n) is 4.11. The first-order chi connectivity index (χ1) is 9.34. The number of aromatic nitrogens is 2. The van der Waals surface area contributed by atoms with Gasteiger partial charge in [-0.25, -0.2) is 4.98 Å². The molecule has 0 aliphatic rings. The highest BCUT2D eigenvalue weighted by Gasteiger charge is 2.01. The Morgan fingerprint density at radius 3 is 2.80 bits per heavy atom. The molecule has 1 aromatic carbocycles. The van der Waals surface area contributed by atoms with Crippen LogP contribution in [0.2, 0.25) is 0 Å². The Bertz CT molecular complexity index is 488. The van der Waals surface area contributed by atoms with Crippen molar-refractivity contribution in [3.05, 3.63) is 49.1 Å². The predicted molar refractivity (Wildman–Crippen MR) is 71.8 cm³/mol. The molecule has 0 radical (unpaired) electrons. The van der Waals surface area contributed by atoms with Crippen LogP contribution in [0.4, 0.5) is 0 Å². The van der Waals surface area contributed by atoms with Gasteiger partial charge in [-0.3, -0.25) is 4.79 Å². The fourth-order valence-corrected chi connectivity index (χ4v) is 1.63. The standard InChI is InChI=1S/C14H17N3O2.ClH/c18-14(11-19-13-5-2-1-3-6-13)16-7-4-9-17-10-8-15-12-17;/h1-3,5-6,8,10,12H,4,7,9,11H2,(H,16,18);1H/p-1. The number of benzene rings is 1. The minimum Gasteiger partial charge on any atom is -1.00 e. The van der Waals surface area contributed by atoms with Gasteiger partial charge in [-0.1, -0.05) is 18.2 Å². The highest BCUT2D eigenvalue weighted by molar-refractivity contribution is 5.77. The maximum Gasteiger partial charge on any atom is 0.257 e. The van der Waals surface area contributed by atoms with E-state index in [4.69, 9.17) is 4.74 Å². The van der Waals surface area contributed by atoms with Gasteiger partial charge in [-0.15, -0.1) is 0 Å². The summed E-state index contributed by atoms with van der Waals surface area (Å²) in [4.78, 5) is 15.5. The lowest BCUT2D eigenvalue weighted by atomic mass is 10.3. The average molecular weight is 295 g/mol. The molecule has 0 saturated carbocycles. The van der Waals surface area contributed by atoms with Crippen LogP contribution in [0.1, 0.15) is 6.42 Å². The Balaban J connectivity index is 0.00000200. The van der Waals surface area contributed by atoms with Crippen LogP contribution in [0.5, 0.6) is 5.75 Å². The molecule has 0 spiro atoms. The summed E-state index contributed by atoms with van der Waals surface area (Å²) >= 11 is 0. The fraction of sp³-hybridized carbons (Fsp3) is 0.286. The van der Waals surface area contributed by atoms with Crippen LogP contribution < -0.4 is 22.5 Å². The van der Waals surface area contributed by atoms with Gasteiger partial charge in [0, 0.05) is 25.5 Å². The molecule has 2 rings (SSSR count). The Labute approximate surface area is 124 Å². The number of hydrogen-bond donors (Lipinski definition) is 1. The Hall–Kier alpha value is -2.01. The smallest absolute Gasteiger partial charge is 0.257 e. The van der Waals surface area contributed by atoms with Crippen LogP contribution in [0.15, 0.2) is 49.1 Å². The minimum absolute atomic E-state index is 0. The summed E-state index contributed by atoms with van der Waals surface area (Å²) in [6, 6.07) is 9.30. The molecule has 108 valence electrons. The van der Waals surface area contributed by atoms with Gasteiger partial charge in [0.2, 0.25) is 0 Å². The summed E-state index contributed by atoms with van der Waals surface area (Å²) in [5.41, 5.74) is 0. The van der Waals surface area contributed by atoms with Crippen molar-refractivity contribution in [3.63, 3.8) is 0 Å². The van der Waals surface area contributed by atoms with E-state index in [1.807, 2.05) is 41.1 Å². The van der Waals surface area contributed by atoms with E-state index >= 15 is 0 Å². The first-order valence-corrected chi connectivity index (χ1v) is 6.25. The Morgan fingerprint density at radius 1 is 1.30 bits per heavy atom. The summed E-state index contributed by atoms with van der Waals surface area (Å²) in [6.07, 6.45) is 6.28. The quantitative estimate of drug-likeness (QED) is 0.631. The van der Waals surface area contributed by atoms with E-state index in [9.17, 15) is 4.79 Å². The molecule has 2 aromatic rings. The number of halogens is 1. The third-order valence-corrected chi connectivity index (χ3v) is 2.59. The molecule has 1 amide bonds. The van der Waals surface area contributed by atoms with Crippen molar-refractivity contribution in [2.24, 2.45) is 0 Å². The van der Waals surface area contributed by atoms with Crippen molar-refractivity contribution in [3.8, 4) is 5.75 Å². The number of carbonyl (C=O) groups excluding carboxylic acids is 1. The zero-order chi connectivity index (χ0) is 13.3. The van der Waals surface area contributed by atoms with E-state index < -0.39 is 0 Å². The summed E-state index contributed by atoms with van der Waals surface area (Å²) in [6.45, 7) is 1.53. The second kappa shape index (κ2) is 8.98. The number of hydrogen-bond acceptors (Lipinski definition) is 3. The van der Waals surface area contributed by atoms with E-state index in [0.717, 1.165) is 13.0 Å². The highest BCUT2D eigenvalue weighted by Crippen LogP contribution is 2.07. The summed E-state index contributed by atoms with van der Waals surface area (Å²) in [7, 11) is 0. The summed E-state index contributed by atoms with van der Waals surface area (Å²) < 4.78 is 7.32. The van der Waals surface area contributed by atoms with Crippen LogP contribution >= 0.6 is 0 Å². The molecule has 0 fully saturated rings. The van der Waals surface area contributed by atoms with Crippen molar-refractivity contribution in [2.45, 2.75) is 13.0 Å². The van der Waals surface area contributed by atoms with Crippen molar-refractivity contribution >= 4 is 5.91 Å². The first kappa shape index (κ1) is 16.0. The Kier molecular flexibility index (Phi) is 7.21. The number of nitrogens with zero attached hydrogens (tertiary/aromatic N) is 2. The predicted octanol–water partition coefficient (Wildman–Crippen LogP) is -1.53. The van der Waals surface area contributed by atoms with Crippen molar-refractivity contribution < 1.29 is 21.9 Å². The van der Waals surface area contributed by atoms with Crippen LogP contribution in [0, 0.1) is 0 Å². The SMILES string of the molecule is O=C(COc1ccccc1)NCCCn1ccnc1.[Cl-]. The molecule has 0 saturated heterocycles. The number of nitrogens with one attached hydrogen (secondary N) is 1. The van der Waals surface area contributed by atoms with Crippen LogP contribution in [0.25, 0.3) is 0 Å². The van der Waals surface area contributed by atoms with Crippen LogP contribution in [-0.4, -0.2) is 28.6 Å². The molecule has 0 aliphatic carbocycles. The highest BCUT2D eigenvalue weighted by atomic mass is 35.5. The average Bonchev–Trinajstić information content (AvgIpc) is 2.96. The molecule has 1 heterocycles. The zero-order valence-corrected chi connectivity index (χ0v) is 11.8. The lowest BCUT2D eigenvalue weighted by molar-refractivity contribution is -0.123. The van der Waals surface area contributed by atoms with Crippen molar-refractivity contribution in [1.29, 1.82) is 0 Å². The normalized spacial score (nSPS) is 9.60. The molecule has 6 heteroatoms. The summed E-state index contributed by atoms with van der Waals surface area (Å²) in [5.74, 6) is 0.602. The molecule has 0 aliphatic heterocycles. The summed E-state index contributed by atoms with van der Waals surface area (Å²) in [5, 5.41) is 2.82. The van der Waals surface area contributed by atoms with Gasteiger partial charge in [0.25, 0.3) is 5.91 Å². The van der Waals surface area contributed by atoms with E-state index in [1.165, 1.54) is 0 Å². The molecule has 0 unspecified atom stereocenters. The number of para-hydroxylation sites is 1. The molecule has 5 nitrogen and oxygen atoms in total. The monoisotopic (exact) mass is 294 g/mol. The lowest BCUT2D eigenvalue weighted by Gasteiger charge is -2.07. The van der Waals surface area contributed by atoms with E-state index in [2.05, 4.69) is 10.3 Å². The van der Waals surface area contributed by atoms with Gasteiger partial charge in [0.1, 0.15) is 5.75 Å². The Morgan fingerprint density at radius 2 is 2.10 bits per heavy atom. The second-order valence-corrected chi connectivity index (χ2v) is 4.11.